The second-order valence-electron chi connectivity index (χ2n) is 5.38. The van der Waals surface area contributed by atoms with Crippen LogP contribution in [0.1, 0.15) is 19.8 Å². The summed E-state index contributed by atoms with van der Waals surface area (Å²) in [5.74, 6) is 0.121. The molecule has 0 saturated carbocycles. The van der Waals surface area contributed by atoms with Gasteiger partial charge in [0.1, 0.15) is 11.6 Å². The van der Waals surface area contributed by atoms with Crippen molar-refractivity contribution < 1.29 is 13.9 Å². The third-order valence-corrected chi connectivity index (χ3v) is 4.05. The van der Waals surface area contributed by atoms with Crippen molar-refractivity contribution in [2.45, 2.75) is 25.8 Å². The molecule has 2 atom stereocenters. The summed E-state index contributed by atoms with van der Waals surface area (Å²) in [6, 6.07) is 4.06. The van der Waals surface area contributed by atoms with Gasteiger partial charge >= 0.3 is 0 Å². The maximum atomic E-state index is 13.0. The second kappa shape index (κ2) is 7.09. The van der Waals surface area contributed by atoms with E-state index >= 15 is 0 Å². The molecule has 0 radical (unpaired) electrons. The van der Waals surface area contributed by atoms with E-state index in [4.69, 9.17) is 22.1 Å². The van der Waals surface area contributed by atoms with Crippen molar-refractivity contribution in [2.75, 3.05) is 19.7 Å². The Bertz CT molecular complexity index is 512. The van der Waals surface area contributed by atoms with Crippen LogP contribution in [0, 0.1) is 11.7 Å². The van der Waals surface area contributed by atoms with Crippen molar-refractivity contribution in [1.29, 1.82) is 0 Å². The van der Waals surface area contributed by atoms with E-state index in [1.54, 1.807) is 4.90 Å². The molecule has 1 amide bonds. The molecule has 2 rings (SSSR count). The minimum Gasteiger partial charge on any atom is -0.484 e. The van der Waals surface area contributed by atoms with Crippen LogP contribution in [0.4, 0.5) is 4.39 Å². The molecule has 1 aromatic rings. The van der Waals surface area contributed by atoms with Gasteiger partial charge in [0, 0.05) is 25.2 Å². The number of hydrogen-bond acceptors (Lipinski definition) is 3. The van der Waals surface area contributed by atoms with Crippen LogP contribution < -0.4 is 10.5 Å². The number of halogens is 2. The number of carbonyl (C=O) groups excluding carboxylic acids is 1. The van der Waals surface area contributed by atoms with E-state index in [-0.39, 0.29) is 23.6 Å². The molecule has 0 aliphatic carbocycles. The molecule has 4 nitrogen and oxygen atoms in total. The lowest BCUT2D eigenvalue weighted by atomic mass is 9.99. The summed E-state index contributed by atoms with van der Waals surface area (Å²) >= 11 is 5.66. The largest absolute Gasteiger partial charge is 0.484 e. The van der Waals surface area contributed by atoms with Crippen LogP contribution in [-0.4, -0.2) is 36.5 Å². The minimum atomic E-state index is -0.511. The topological polar surface area (TPSA) is 55.6 Å². The van der Waals surface area contributed by atoms with E-state index in [1.807, 2.05) is 0 Å². The van der Waals surface area contributed by atoms with Gasteiger partial charge in [0.2, 0.25) is 0 Å². The number of likely N-dealkylation sites (tertiary alicyclic amines) is 1. The fourth-order valence-electron chi connectivity index (χ4n) is 2.58. The molecule has 0 spiro atoms. The van der Waals surface area contributed by atoms with Crippen LogP contribution in [0.25, 0.3) is 0 Å². The van der Waals surface area contributed by atoms with E-state index in [0.717, 1.165) is 12.8 Å². The standard InChI is InChI=1S/C15H20ClFN2O2/c1-2-3-10-7-19(8-14(10)18)15(20)9-21-11-4-5-13(17)12(16)6-11/h4-6,10,14H,2-3,7-9,18H2,1H3/t10-,14-/m0/s1. The third-order valence-electron chi connectivity index (χ3n) is 3.76. The first-order valence-electron chi connectivity index (χ1n) is 7.12. The molecule has 0 unspecified atom stereocenters. The summed E-state index contributed by atoms with van der Waals surface area (Å²) in [6.07, 6.45) is 2.09. The van der Waals surface area contributed by atoms with Gasteiger partial charge in [-0.05, 0) is 24.5 Å². The lowest BCUT2D eigenvalue weighted by Gasteiger charge is -2.16. The van der Waals surface area contributed by atoms with E-state index in [0.29, 0.717) is 24.8 Å². The van der Waals surface area contributed by atoms with Crippen LogP contribution in [-0.2, 0) is 4.79 Å². The molecule has 2 N–H and O–H groups in total. The molecule has 116 valence electrons. The molecular weight excluding hydrogens is 295 g/mol. The molecule has 1 heterocycles. The van der Waals surface area contributed by atoms with Gasteiger partial charge in [-0.15, -0.1) is 0 Å². The third kappa shape index (κ3) is 4.08. The van der Waals surface area contributed by atoms with Crippen LogP contribution >= 0.6 is 11.6 Å². The molecule has 1 aliphatic heterocycles. The van der Waals surface area contributed by atoms with Crippen molar-refractivity contribution in [3.05, 3.63) is 29.0 Å². The van der Waals surface area contributed by atoms with Crippen LogP contribution in [0.5, 0.6) is 5.75 Å². The smallest absolute Gasteiger partial charge is 0.260 e. The number of nitrogens with two attached hydrogens (primary N) is 1. The molecule has 6 heteroatoms. The normalized spacial score (nSPS) is 21.6. The summed E-state index contributed by atoms with van der Waals surface area (Å²) in [5, 5.41) is -0.0221. The van der Waals surface area contributed by atoms with Gasteiger partial charge < -0.3 is 15.4 Å². The van der Waals surface area contributed by atoms with Gasteiger partial charge in [0.15, 0.2) is 6.61 Å². The minimum absolute atomic E-state index is 0.0221. The summed E-state index contributed by atoms with van der Waals surface area (Å²) in [4.78, 5) is 13.8. The summed E-state index contributed by atoms with van der Waals surface area (Å²) < 4.78 is 18.4. The fraction of sp³-hybridized carbons (Fsp3) is 0.533. The van der Waals surface area contributed by atoms with E-state index < -0.39 is 5.82 Å². The van der Waals surface area contributed by atoms with E-state index in [2.05, 4.69) is 6.92 Å². The molecular formula is C15H20ClFN2O2. The highest BCUT2D eigenvalue weighted by Gasteiger charge is 2.32. The lowest BCUT2D eigenvalue weighted by Crippen LogP contribution is -2.35. The average Bonchev–Trinajstić information content (AvgIpc) is 2.82. The monoisotopic (exact) mass is 314 g/mol. The number of nitrogens with zero attached hydrogens (tertiary/aromatic N) is 1. The van der Waals surface area contributed by atoms with Gasteiger partial charge in [-0.25, -0.2) is 4.39 Å². The quantitative estimate of drug-likeness (QED) is 0.908. The zero-order valence-electron chi connectivity index (χ0n) is 12.0. The highest BCUT2D eigenvalue weighted by Crippen LogP contribution is 2.22. The zero-order chi connectivity index (χ0) is 15.4. The highest BCUT2D eigenvalue weighted by atomic mass is 35.5. The number of benzene rings is 1. The molecule has 0 aromatic heterocycles. The first kappa shape index (κ1) is 16.0. The van der Waals surface area contributed by atoms with Crippen LogP contribution in [0.15, 0.2) is 18.2 Å². The van der Waals surface area contributed by atoms with Crippen molar-refractivity contribution in [3.8, 4) is 5.75 Å². The van der Waals surface area contributed by atoms with Crippen molar-refractivity contribution >= 4 is 17.5 Å². The predicted molar refractivity (Wildman–Crippen MR) is 79.9 cm³/mol. The Hall–Kier alpha value is -1.33. The molecule has 0 bridgehead atoms. The Morgan fingerprint density at radius 3 is 2.95 bits per heavy atom. The molecule has 21 heavy (non-hydrogen) atoms. The average molecular weight is 315 g/mol. The number of amides is 1. The number of carbonyl (C=O) groups is 1. The predicted octanol–water partition coefficient (Wildman–Crippen LogP) is 2.44. The Morgan fingerprint density at radius 1 is 1.52 bits per heavy atom. The molecule has 1 saturated heterocycles. The molecule has 1 aromatic carbocycles. The zero-order valence-corrected chi connectivity index (χ0v) is 12.8. The maximum absolute atomic E-state index is 13.0. The van der Waals surface area contributed by atoms with Gasteiger partial charge in [0.05, 0.1) is 5.02 Å². The van der Waals surface area contributed by atoms with E-state index in [1.165, 1.54) is 18.2 Å². The van der Waals surface area contributed by atoms with Gasteiger partial charge in [0.25, 0.3) is 5.91 Å². The number of rotatable bonds is 5. The van der Waals surface area contributed by atoms with Gasteiger partial charge in [-0.2, -0.15) is 0 Å². The number of hydrogen-bond donors (Lipinski definition) is 1. The first-order chi connectivity index (χ1) is 10.0. The summed E-state index contributed by atoms with van der Waals surface area (Å²) in [7, 11) is 0. The van der Waals surface area contributed by atoms with Crippen LogP contribution in [0.2, 0.25) is 5.02 Å². The second-order valence-corrected chi connectivity index (χ2v) is 5.78. The highest BCUT2D eigenvalue weighted by molar-refractivity contribution is 6.30. The lowest BCUT2D eigenvalue weighted by molar-refractivity contribution is -0.132. The van der Waals surface area contributed by atoms with Crippen molar-refractivity contribution in [3.63, 3.8) is 0 Å². The van der Waals surface area contributed by atoms with Gasteiger partial charge in [-0.3, -0.25) is 4.79 Å². The first-order valence-corrected chi connectivity index (χ1v) is 7.50. The summed E-state index contributed by atoms with van der Waals surface area (Å²) in [6.45, 7) is 3.27. The Kier molecular flexibility index (Phi) is 5.42. The molecule has 1 fully saturated rings. The fourth-order valence-corrected chi connectivity index (χ4v) is 2.75. The van der Waals surface area contributed by atoms with Gasteiger partial charge in [-0.1, -0.05) is 24.9 Å². The van der Waals surface area contributed by atoms with Crippen molar-refractivity contribution in [2.24, 2.45) is 11.7 Å². The maximum Gasteiger partial charge on any atom is 0.260 e. The van der Waals surface area contributed by atoms with Crippen molar-refractivity contribution in [1.82, 2.24) is 4.90 Å². The molecule has 1 aliphatic rings. The van der Waals surface area contributed by atoms with E-state index in [9.17, 15) is 9.18 Å². The SMILES string of the molecule is CCC[C@H]1CN(C(=O)COc2ccc(F)c(Cl)c2)C[C@@H]1N. The Morgan fingerprint density at radius 2 is 2.29 bits per heavy atom. The Balaban J connectivity index is 1.86. The summed E-state index contributed by atoms with van der Waals surface area (Å²) in [5.41, 5.74) is 6.04. The Labute approximate surface area is 129 Å². The van der Waals surface area contributed by atoms with Crippen LogP contribution in [0.3, 0.4) is 0 Å². The number of ether oxygens (including phenoxy) is 1.